The van der Waals surface area contributed by atoms with Crippen LogP contribution in [-0.4, -0.2) is 243 Å². The first-order chi connectivity index (χ1) is 49.8. The summed E-state index contributed by atoms with van der Waals surface area (Å²) in [5.41, 5.74) is 66.1. The van der Waals surface area contributed by atoms with Gasteiger partial charge in [0, 0.05) is 50.4 Å². The van der Waals surface area contributed by atoms with E-state index in [1.54, 1.807) is 27.0 Å². The minimum Gasteiger partial charge on any atom is -0.370 e. The van der Waals surface area contributed by atoms with E-state index in [0.717, 1.165) is 0 Å². The van der Waals surface area contributed by atoms with Crippen LogP contribution in [0.2, 0.25) is 0 Å². The van der Waals surface area contributed by atoms with E-state index in [1.807, 2.05) is 13.8 Å². The Labute approximate surface area is 622 Å². The molecule has 0 saturated carbocycles. The Bertz CT molecular complexity index is 3060. The maximum atomic E-state index is 14.7. The summed E-state index contributed by atoms with van der Waals surface area (Å²) in [4.78, 5) is 200. The number of aliphatic imine (C=N–C) groups is 5. The topological polar surface area (TPSA) is 732 Å². The van der Waals surface area contributed by atoms with E-state index in [4.69, 9.17) is 68.8 Å². The van der Waals surface area contributed by atoms with Gasteiger partial charge in [0.25, 0.3) is 0 Å². The van der Waals surface area contributed by atoms with E-state index < -0.39 is 150 Å². The molecule has 1 fully saturated rings. The largest absolute Gasteiger partial charge is 0.370 e. The Morgan fingerprint density at radius 3 is 1.10 bits per heavy atom. The van der Waals surface area contributed by atoms with Crippen molar-refractivity contribution in [1.29, 1.82) is 0 Å². The van der Waals surface area contributed by atoms with Crippen LogP contribution in [0.3, 0.4) is 0 Å². The first-order valence-electron chi connectivity index (χ1n) is 35.1. The van der Waals surface area contributed by atoms with Crippen LogP contribution in [0.1, 0.15) is 144 Å². The van der Waals surface area contributed by atoms with Gasteiger partial charge in [-0.15, -0.1) is 0 Å². The molecule has 13 amide bonds. The van der Waals surface area contributed by atoms with Crippen molar-refractivity contribution in [3.8, 4) is 0 Å². The lowest BCUT2D eigenvalue weighted by atomic mass is 9.94. The second-order valence-electron chi connectivity index (χ2n) is 26.7. The molecule has 1 unspecified atom stereocenters. The molecule has 1 heterocycles. The first kappa shape index (κ1) is 93.8. The van der Waals surface area contributed by atoms with Crippen LogP contribution in [0.4, 0.5) is 0 Å². The maximum absolute atomic E-state index is 14.7. The molecule has 0 aliphatic carbocycles. The zero-order chi connectivity index (χ0) is 80.2. The molecule has 0 radical (unpaired) electrons. The summed E-state index contributed by atoms with van der Waals surface area (Å²) in [6, 6.07) is -12.9. The highest BCUT2D eigenvalue weighted by atomic mass is 32.2. The molecule has 1 rings (SSSR count). The Morgan fingerprint density at radius 2 is 0.764 bits per heavy atom. The smallest absolute Gasteiger partial charge is 0.244 e. The van der Waals surface area contributed by atoms with Crippen molar-refractivity contribution in [3.63, 3.8) is 0 Å². The standard InChI is InChI=1S/C63H119N29O13S/c1-34(2)30-42(91-56(104)44-22-15-29-92(44)57(105)63(4,5)6)49(97)82-32-46(94)85-43(33-106-7)55(103)83-35(3)48(96)81-31-45(93)84-37(17-10-24-76-58(66)67)50(98)87-39(19-12-26-78-60(70)71)52(100)89-41(21-14-28-80-62(74)75)54(102)90-40(20-13-27-79-61(72)73)53(101)88-38(18-11-25-77-59(68)69)51(99)86-36(47(65)95)16-8-9-23-64/h34-44H,8-33,64H2,1-7H3,(H2,65,95)(H,81,96)(H,82,97)(H,83,103)(H,84,93)(H,85,94)(H,86,99)(H,87,98)(H,88,101)(H,89,100)(H,90,102)(H,91,104)(H4,66,67,76)(H4,68,69,77)(H4,70,71,78)(H4,72,73,79)(H4,74,75,80)/t35-,36+,37+,38+,39+,40+,41?,42-,43-,44-/m0/s1. The number of rotatable bonds is 51. The number of unbranched alkanes of at least 4 members (excludes halogenated alkanes) is 1. The summed E-state index contributed by atoms with van der Waals surface area (Å²) in [5, 5.41) is 28.4. The first-order valence-corrected chi connectivity index (χ1v) is 36.5. The fourth-order valence-corrected chi connectivity index (χ4v) is 11.1. The van der Waals surface area contributed by atoms with Gasteiger partial charge in [-0.25, -0.2) is 0 Å². The molecule has 43 heteroatoms. The lowest BCUT2D eigenvalue weighted by Crippen LogP contribution is -2.60. The number of nitrogens with zero attached hydrogens (tertiary/aromatic N) is 6. The number of nitrogens with two attached hydrogens (primary N) is 12. The summed E-state index contributed by atoms with van der Waals surface area (Å²) in [5.74, 6) is -11.6. The minimum atomic E-state index is -1.52. The van der Waals surface area contributed by atoms with Crippen LogP contribution in [0.25, 0.3) is 0 Å². The minimum absolute atomic E-state index is 0.0159. The highest BCUT2D eigenvalue weighted by molar-refractivity contribution is 7.98. The third-order valence-electron chi connectivity index (χ3n) is 15.9. The lowest BCUT2D eigenvalue weighted by molar-refractivity contribution is -0.145. The van der Waals surface area contributed by atoms with Gasteiger partial charge in [0.1, 0.15) is 60.4 Å². The summed E-state index contributed by atoms with van der Waals surface area (Å²) < 4.78 is 0. The summed E-state index contributed by atoms with van der Waals surface area (Å²) in [6.45, 7) is 9.47. The Morgan fingerprint density at radius 1 is 0.425 bits per heavy atom. The van der Waals surface area contributed by atoms with E-state index in [9.17, 15) is 62.3 Å². The molecule has 0 aromatic rings. The van der Waals surface area contributed by atoms with Crippen molar-refractivity contribution in [2.75, 3.05) is 70.9 Å². The van der Waals surface area contributed by atoms with Crippen LogP contribution in [0.15, 0.2) is 25.0 Å². The van der Waals surface area contributed by atoms with Gasteiger partial charge in [0.05, 0.1) is 13.1 Å². The highest BCUT2D eigenvalue weighted by Crippen LogP contribution is 2.26. The molecule has 0 aromatic heterocycles. The summed E-state index contributed by atoms with van der Waals surface area (Å²) in [7, 11) is 0. The number of carbonyl (C=O) groups excluding carboxylic acids is 13. The molecule has 1 aliphatic heterocycles. The fourth-order valence-electron chi connectivity index (χ4n) is 10.5. The van der Waals surface area contributed by atoms with Gasteiger partial charge in [-0.05, 0) is 128 Å². The molecular formula is C63H119N29O13S. The van der Waals surface area contributed by atoms with Crippen molar-refractivity contribution in [1.82, 2.24) is 63.4 Å². The predicted octanol–water partition coefficient (Wildman–Crippen LogP) is -9.07. The maximum Gasteiger partial charge on any atom is 0.244 e. The van der Waals surface area contributed by atoms with Gasteiger partial charge in [0.15, 0.2) is 29.8 Å². The van der Waals surface area contributed by atoms with Crippen LogP contribution < -0.4 is 127 Å². The number of hydrogen-bond donors (Lipinski definition) is 23. The van der Waals surface area contributed by atoms with E-state index in [1.165, 1.54) is 23.6 Å². The van der Waals surface area contributed by atoms with Crippen molar-refractivity contribution < 1.29 is 62.3 Å². The molecule has 0 aromatic carbocycles. The zero-order valence-corrected chi connectivity index (χ0v) is 62.9. The van der Waals surface area contributed by atoms with Gasteiger partial charge in [0.2, 0.25) is 76.8 Å². The van der Waals surface area contributed by atoms with Crippen LogP contribution >= 0.6 is 11.8 Å². The second-order valence-corrected chi connectivity index (χ2v) is 27.6. The van der Waals surface area contributed by atoms with E-state index in [2.05, 4.69) is 83.4 Å². The van der Waals surface area contributed by atoms with Crippen molar-refractivity contribution in [3.05, 3.63) is 0 Å². The molecule has 1 aliphatic rings. The molecule has 42 nitrogen and oxygen atoms in total. The average Bonchev–Trinajstić information content (AvgIpc) is 1.71. The quantitative estimate of drug-likeness (QED) is 0.0153. The SMILES string of the molecule is CSC[C@H](NC(=O)CNC(=O)[C@H](CC(C)C)NC(=O)[C@@H]1CCCN1C(=O)C(C)(C)C)C(=O)N[C@@H](C)C(=O)NCC(=O)N[C@H](CCCN=C(N)N)C(=O)N[C@H](CCCN=C(N)N)C(=O)NC(CCCN=C(N)N)C(=O)N[C@H](CCCN=C(N)N)C(=O)N[C@H](CCCN=C(N)N)C(=O)N[C@H](CCCCN)C(N)=O. The number of primary amides is 1. The third-order valence-corrected chi connectivity index (χ3v) is 16.6. The Balaban J connectivity index is 3.53. The normalized spacial score (nSPS) is 15.0. The van der Waals surface area contributed by atoms with E-state index in [0.29, 0.717) is 38.8 Å². The molecule has 106 heavy (non-hydrogen) atoms. The van der Waals surface area contributed by atoms with Gasteiger partial charge in [-0.1, -0.05) is 34.6 Å². The lowest BCUT2D eigenvalue weighted by Gasteiger charge is -2.31. The number of thioether (sulfide) groups is 1. The molecule has 0 bridgehead atoms. The highest BCUT2D eigenvalue weighted by Gasteiger charge is 2.40. The zero-order valence-electron chi connectivity index (χ0n) is 62.1. The van der Waals surface area contributed by atoms with Gasteiger partial charge in [-0.2, -0.15) is 11.8 Å². The molecule has 0 spiro atoms. The summed E-state index contributed by atoms with van der Waals surface area (Å²) >= 11 is 1.18. The Hall–Kier alpha value is -10.2. The second kappa shape index (κ2) is 50.3. The Kier molecular flexibility index (Phi) is 44.5. The molecule has 1 saturated heterocycles. The van der Waals surface area contributed by atoms with E-state index >= 15 is 0 Å². The molecule has 10 atom stereocenters. The van der Waals surface area contributed by atoms with Crippen molar-refractivity contribution >= 4 is 118 Å². The molecular weight excluding hydrogens is 1400 g/mol. The van der Waals surface area contributed by atoms with Crippen molar-refractivity contribution in [2.45, 2.75) is 205 Å². The van der Waals surface area contributed by atoms with E-state index in [-0.39, 0.29) is 157 Å². The van der Waals surface area contributed by atoms with Gasteiger partial charge >= 0.3 is 0 Å². The summed E-state index contributed by atoms with van der Waals surface area (Å²) in [6.07, 6.45) is 3.55. The number of carbonyl (C=O) groups is 13. The van der Waals surface area contributed by atoms with Crippen LogP contribution in [0.5, 0.6) is 0 Å². The van der Waals surface area contributed by atoms with Gasteiger partial charge in [-0.3, -0.25) is 87.3 Å². The predicted molar refractivity (Wildman–Crippen MR) is 403 cm³/mol. The number of nitrogens with one attached hydrogen (secondary N) is 11. The monoisotopic (exact) mass is 1520 g/mol. The van der Waals surface area contributed by atoms with Gasteiger partial charge < -0.3 is 132 Å². The van der Waals surface area contributed by atoms with Crippen molar-refractivity contribution in [2.24, 2.45) is 105 Å². The molecule has 600 valence electrons. The number of amides is 13. The number of hydrogen-bond acceptors (Lipinski definition) is 20. The van der Waals surface area contributed by atoms with Crippen LogP contribution in [-0.2, 0) is 62.3 Å². The molecule has 35 N–H and O–H groups in total. The van der Waals surface area contributed by atoms with Crippen LogP contribution in [0, 0.1) is 11.3 Å². The fraction of sp³-hybridized carbons (Fsp3) is 0.714. The average molecular weight is 1520 g/mol. The third kappa shape index (κ3) is 39.6. The number of guanidine groups is 5. The number of likely N-dealkylation sites (tertiary alicyclic amines) is 1.